The number of benzene rings is 2. The van der Waals surface area contributed by atoms with Crippen molar-refractivity contribution in [3.63, 3.8) is 0 Å². The number of ketones is 2. The second-order valence-corrected chi connectivity index (χ2v) is 7.33. The monoisotopic (exact) mass is 375 g/mol. The van der Waals surface area contributed by atoms with Gasteiger partial charge in [0.2, 0.25) is 0 Å². The van der Waals surface area contributed by atoms with Crippen LogP contribution >= 0.6 is 0 Å². The minimum Gasteiger partial charge on any atom is -0.378 e. The summed E-state index contributed by atoms with van der Waals surface area (Å²) in [6.07, 6.45) is 2.36. The molecule has 1 atom stereocenters. The maximum atomic E-state index is 13.4. The average Bonchev–Trinajstić information content (AvgIpc) is 2.79. The Kier molecular flexibility index (Phi) is 5.68. The first-order valence-electron chi connectivity index (χ1n) is 10.0. The zero-order valence-electron chi connectivity index (χ0n) is 16.0. The molecule has 1 unspecified atom stereocenters. The van der Waals surface area contributed by atoms with Crippen LogP contribution in [0.3, 0.4) is 0 Å². The van der Waals surface area contributed by atoms with E-state index >= 15 is 0 Å². The van der Waals surface area contributed by atoms with Crippen molar-refractivity contribution in [2.75, 3.05) is 26.3 Å². The summed E-state index contributed by atoms with van der Waals surface area (Å²) in [6, 6.07) is 18.8. The Balaban J connectivity index is 1.76. The van der Waals surface area contributed by atoms with E-state index < -0.39 is 0 Å². The van der Waals surface area contributed by atoms with Crippen LogP contribution in [0.1, 0.15) is 40.0 Å². The van der Waals surface area contributed by atoms with E-state index in [1.165, 1.54) is 0 Å². The molecule has 0 radical (unpaired) electrons. The van der Waals surface area contributed by atoms with Gasteiger partial charge in [-0.25, -0.2) is 0 Å². The van der Waals surface area contributed by atoms with Gasteiger partial charge in [0, 0.05) is 35.5 Å². The number of Topliss-reactive ketones (excluding diaryl/α,β-unsaturated/α-hetero) is 2. The molecule has 0 aromatic heterocycles. The molecule has 28 heavy (non-hydrogen) atoms. The number of rotatable bonds is 5. The number of hydrogen-bond donors (Lipinski definition) is 0. The van der Waals surface area contributed by atoms with Crippen LogP contribution in [-0.2, 0) is 4.74 Å². The highest BCUT2D eigenvalue weighted by Crippen LogP contribution is 2.36. The van der Waals surface area contributed by atoms with Gasteiger partial charge in [-0.1, -0.05) is 60.7 Å². The quantitative estimate of drug-likeness (QED) is 0.737. The highest BCUT2D eigenvalue weighted by Gasteiger charge is 2.35. The topological polar surface area (TPSA) is 46.6 Å². The Labute approximate surface area is 165 Å². The number of hydrogen-bond acceptors (Lipinski definition) is 4. The third-order valence-electron chi connectivity index (χ3n) is 5.60. The minimum absolute atomic E-state index is 0.0488. The van der Waals surface area contributed by atoms with E-state index in [9.17, 15) is 9.59 Å². The molecule has 0 amide bonds. The van der Waals surface area contributed by atoms with Crippen LogP contribution in [0.25, 0.3) is 0 Å². The van der Waals surface area contributed by atoms with Gasteiger partial charge in [0.15, 0.2) is 11.6 Å². The second kappa shape index (κ2) is 8.53. The number of allylic oxidation sites excluding steroid dienone is 2. The van der Waals surface area contributed by atoms with Crippen LogP contribution in [0.4, 0.5) is 0 Å². The SMILES string of the molecule is O=C(C1=C(N2CCOCC2)C(C(=O)c2ccccc2)CCC1)c1ccccc1. The van der Waals surface area contributed by atoms with Gasteiger partial charge in [0.05, 0.1) is 19.1 Å². The third-order valence-corrected chi connectivity index (χ3v) is 5.60. The molecule has 2 aromatic rings. The van der Waals surface area contributed by atoms with E-state index in [0.717, 1.165) is 43.6 Å². The fourth-order valence-corrected chi connectivity index (χ4v) is 4.23. The van der Waals surface area contributed by atoms with Gasteiger partial charge in [0.1, 0.15) is 0 Å². The smallest absolute Gasteiger partial charge is 0.190 e. The molecule has 0 spiro atoms. The van der Waals surface area contributed by atoms with Crippen LogP contribution in [0.15, 0.2) is 71.9 Å². The average molecular weight is 375 g/mol. The Morgan fingerprint density at radius 1 is 0.857 bits per heavy atom. The summed E-state index contributed by atoms with van der Waals surface area (Å²) in [7, 11) is 0. The van der Waals surface area contributed by atoms with Crippen molar-refractivity contribution in [1.82, 2.24) is 4.90 Å². The van der Waals surface area contributed by atoms with Gasteiger partial charge in [-0.15, -0.1) is 0 Å². The lowest BCUT2D eigenvalue weighted by atomic mass is 9.79. The molecule has 1 aliphatic heterocycles. The van der Waals surface area contributed by atoms with Gasteiger partial charge in [-0.3, -0.25) is 9.59 Å². The summed E-state index contributed by atoms with van der Waals surface area (Å²) in [4.78, 5) is 28.9. The van der Waals surface area contributed by atoms with Crippen molar-refractivity contribution < 1.29 is 14.3 Å². The summed E-state index contributed by atoms with van der Waals surface area (Å²) < 4.78 is 5.52. The molecular weight excluding hydrogens is 350 g/mol. The van der Waals surface area contributed by atoms with Gasteiger partial charge in [0.25, 0.3) is 0 Å². The summed E-state index contributed by atoms with van der Waals surface area (Å²) in [6.45, 7) is 2.70. The first kappa shape index (κ1) is 18.6. The van der Waals surface area contributed by atoms with E-state index in [-0.39, 0.29) is 17.5 Å². The van der Waals surface area contributed by atoms with Gasteiger partial charge in [-0.2, -0.15) is 0 Å². The zero-order chi connectivity index (χ0) is 19.3. The van der Waals surface area contributed by atoms with E-state index in [4.69, 9.17) is 4.74 Å². The molecule has 1 aliphatic carbocycles. The largest absolute Gasteiger partial charge is 0.378 e. The van der Waals surface area contributed by atoms with Gasteiger partial charge >= 0.3 is 0 Å². The Morgan fingerprint density at radius 3 is 2.11 bits per heavy atom. The van der Waals surface area contributed by atoms with Crippen LogP contribution in [-0.4, -0.2) is 42.8 Å². The fourth-order valence-electron chi connectivity index (χ4n) is 4.23. The van der Waals surface area contributed by atoms with Crippen molar-refractivity contribution in [2.24, 2.45) is 5.92 Å². The molecule has 4 nitrogen and oxygen atoms in total. The Hall–Kier alpha value is -2.72. The van der Waals surface area contributed by atoms with Crippen molar-refractivity contribution in [3.05, 3.63) is 83.1 Å². The van der Waals surface area contributed by atoms with E-state index in [0.29, 0.717) is 24.3 Å². The summed E-state index contributed by atoms with van der Waals surface area (Å²) >= 11 is 0. The molecule has 144 valence electrons. The lowest BCUT2D eigenvalue weighted by molar-refractivity contribution is 0.0448. The molecule has 4 heteroatoms. The summed E-state index contributed by atoms with van der Waals surface area (Å²) in [5.41, 5.74) is 3.13. The number of morpholine rings is 1. The van der Waals surface area contributed by atoms with Crippen LogP contribution < -0.4 is 0 Å². The maximum Gasteiger partial charge on any atom is 0.190 e. The van der Waals surface area contributed by atoms with Crippen molar-refractivity contribution >= 4 is 11.6 Å². The maximum absolute atomic E-state index is 13.4. The molecule has 2 aromatic carbocycles. The molecule has 0 saturated carbocycles. The van der Waals surface area contributed by atoms with Crippen molar-refractivity contribution in [1.29, 1.82) is 0 Å². The Bertz CT molecular complexity index is 867. The molecular formula is C24H25NO3. The standard InChI is InChI=1S/C24H25NO3/c26-23(18-8-3-1-4-9-18)20-12-7-13-21(22(20)25-14-16-28-17-15-25)24(27)19-10-5-2-6-11-19/h1-6,8-11,20H,7,12-17H2. The first-order valence-corrected chi connectivity index (χ1v) is 10.0. The predicted molar refractivity (Wildman–Crippen MR) is 108 cm³/mol. The third kappa shape index (κ3) is 3.78. The van der Waals surface area contributed by atoms with Crippen LogP contribution in [0.5, 0.6) is 0 Å². The lowest BCUT2D eigenvalue weighted by Gasteiger charge is -2.38. The highest BCUT2D eigenvalue weighted by molar-refractivity contribution is 6.10. The van der Waals surface area contributed by atoms with Gasteiger partial charge < -0.3 is 9.64 Å². The lowest BCUT2D eigenvalue weighted by Crippen LogP contribution is -2.42. The highest BCUT2D eigenvalue weighted by atomic mass is 16.5. The first-order chi connectivity index (χ1) is 13.8. The molecule has 0 bridgehead atoms. The van der Waals surface area contributed by atoms with Crippen molar-refractivity contribution in [3.8, 4) is 0 Å². The molecule has 4 rings (SSSR count). The summed E-state index contributed by atoms with van der Waals surface area (Å²) in [5, 5.41) is 0. The molecule has 1 fully saturated rings. The number of carbonyl (C=O) groups excluding carboxylic acids is 2. The number of carbonyl (C=O) groups is 2. The van der Waals surface area contributed by atoms with Crippen LogP contribution in [0, 0.1) is 5.92 Å². The molecule has 0 N–H and O–H groups in total. The van der Waals surface area contributed by atoms with E-state index in [2.05, 4.69) is 4.90 Å². The zero-order valence-corrected chi connectivity index (χ0v) is 16.0. The predicted octanol–water partition coefficient (Wildman–Crippen LogP) is 4.14. The van der Waals surface area contributed by atoms with Gasteiger partial charge in [-0.05, 0) is 19.3 Å². The number of ether oxygens (including phenoxy) is 1. The van der Waals surface area contributed by atoms with Crippen LogP contribution in [0.2, 0.25) is 0 Å². The van der Waals surface area contributed by atoms with E-state index in [1.807, 2.05) is 60.7 Å². The molecule has 1 saturated heterocycles. The Morgan fingerprint density at radius 2 is 1.46 bits per heavy atom. The fraction of sp³-hybridized carbons (Fsp3) is 0.333. The summed E-state index contributed by atoms with van der Waals surface area (Å²) in [5.74, 6) is -0.107. The molecule has 2 aliphatic rings. The van der Waals surface area contributed by atoms with E-state index in [1.54, 1.807) is 0 Å². The second-order valence-electron chi connectivity index (χ2n) is 7.33. The van der Waals surface area contributed by atoms with Crippen molar-refractivity contribution in [2.45, 2.75) is 19.3 Å². The number of nitrogens with zero attached hydrogens (tertiary/aromatic N) is 1. The minimum atomic E-state index is -0.267. The normalized spacial score (nSPS) is 20.1. The molecule has 1 heterocycles.